The molecule has 4 aromatic rings. The number of benzene rings is 2. The minimum Gasteiger partial charge on any atom is -0.363 e. The molecule has 0 aliphatic heterocycles. The number of pyridine rings is 1. The molecule has 1 N–H and O–H groups in total. The summed E-state index contributed by atoms with van der Waals surface area (Å²) >= 11 is 6.33. The first-order valence-electron chi connectivity index (χ1n) is 10.9. The van der Waals surface area contributed by atoms with Gasteiger partial charge in [-0.05, 0) is 35.7 Å². The molecule has 11 heteroatoms. The number of hydrogen-bond donors (Lipinski definition) is 1. The van der Waals surface area contributed by atoms with Gasteiger partial charge in [0, 0.05) is 40.9 Å². The van der Waals surface area contributed by atoms with Gasteiger partial charge in [-0.3, -0.25) is 9.71 Å². The molecule has 37 heavy (non-hydrogen) atoms. The fraction of sp³-hybridized carbons (Fsp3) is 0.115. The lowest BCUT2D eigenvalue weighted by Crippen LogP contribution is -2.34. The third kappa shape index (κ3) is 4.49. The lowest BCUT2D eigenvalue weighted by Gasteiger charge is -2.33. The summed E-state index contributed by atoms with van der Waals surface area (Å²) in [6.07, 6.45) is 5.38. The Bertz CT molecular complexity index is 1710. The molecule has 2 aromatic heterocycles. The second kappa shape index (κ2) is 9.44. The van der Waals surface area contributed by atoms with E-state index in [1.54, 1.807) is 30.3 Å². The number of methoxy groups -OCH3 is 1. The highest BCUT2D eigenvalue weighted by Crippen LogP contribution is 2.46. The van der Waals surface area contributed by atoms with Crippen molar-refractivity contribution in [3.05, 3.63) is 101 Å². The van der Waals surface area contributed by atoms with Crippen LogP contribution in [0.2, 0.25) is 5.02 Å². The molecule has 2 unspecified atom stereocenters. The highest BCUT2D eigenvalue weighted by Gasteiger charge is 2.43. The van der Waals surface area contributed by atoms with Gasteiger partial charge >= 0.3 is 0 Å². The summed E-state index contributed by atoms with van der Waals surface area (Å²) in [4.78, 5) is 4.36. The van der Waals surface area contributed by atoms with Crippen LogP contribution in [0.5, 0.6) is 0 Å². The van der Waals surface area contributed by atoms with Crippen molar-refractivity contribution in [2.75, 3.05) is 11.8 Å². The molecule has 186 valence electrons. The highest BCUT2D eigenvalue weighted by molar-refractivity contribution is 7.92. The number of halogens is 2. The minimum atomic E-state index is -3.96. The average Bonchev–Trinajstić information content (AvgIpc) is 3.40. The van der Waals surface area contributed by atoms with Gasteiger partial charge in [-0.15, -0.1) is 0 Å². The van der Waals surface area contributed by atoms with Gasteiger partial charge in [0.25, 0.3) is 10.0 Å². The zero-order valence-corrected chi connectivity index (χ0v) is 20.8. The number of fused-ring (bicyclic) bond motifs is 1. The number of alkyl halides is 1. The van der Waals surface area contributed by atoms with Gasteiger partial charge < -0.3 is 9.26 Å². The third-order valence-corrected chi connectivity index (χ3v) is 7.72. The van der Waals surface area contributed by atoms with Crippen LogP contribution in [0.25, 0.3) is 16.3 Å². The van der Waals surface area contributed by atoms with Crippen molar-refractivity contribution in [3.63, 3.8) is 0 Å². The Hall–Kier alpha value is -4.04. The second-order valence-corrected chi connectivity index (χ2v) is 10.3. The zero-order chi connectivity index (χ0) is 26.2. The Balaban J connectivity index is 1.60. The fourth-order valence-corrected chi connectivity index (χ4v) is 5.51. The number of sulfonamides is 1. The van der Waals surface area contributed by atoms with Crippen LogP contribution in [0.1, 0.15) is 17.2 Å². The molecule has 1 aliphatic carbocycles. The van der Waals surface area contributed by atoms with E-state index in [0.29, 0.717) is 26.9 Å². The van der Waals surface area contributed by atoms with E-state index in [4.69, 9.17) is 16.3 Å². The molecule has 0 saturated heterocycles. The van der Waals surface area contributed by atoms with Crippen molar-refractivity contribution in [3.8, 4) is 6.07 Å². The van der Waals surface area contributed by atoms with E-state index in [-0.39, 0.29) is 22.0 Å². The largest absolute Gasteiger partial charge is 0.363 e. The molecule has 5 rings (SSSR count). The normalized spacial score (nSPS) is 19.7. The van der Waals surface area contributed by atoms with Crippen LogP contribution in [0.3, 0.4) is 0 Å². The molecule has 0 saturated carbocycles. The average molecular weight is 537 g/mol. The molecule has 2 heterocycles. The summed E-state index contributed by atoms with van der Waals surface area (Å²) in [5.41, 5.74) is 1.28. The second-order valence-electron chi connectivity index (χ2n) is 8.18. The molecule has 2 aromatic carbocycles. The van der Waals surface area contributed by atoms with E-state index < -0.39 is 21.8 Å². The molecule has 8 nitrogen and oxygen atoms in total. The predicted octanol–water partition coefficient (Wildman–Crippen LogP) is 5.62. The summed E-state index contributed by atoms with van der Waals surface area (Å²) in [7, 11) is -2.74. The van der Waals surface area contributed by atoms with Crippen LogP contribution in [0, 0.1) is 11.3 Å². The maximum absolute atomic E-state index is 16.4. The number of nitrogens with one attached hydrogen (secondary N) is 1. The van der Waals surface area contributed by atoms with Crippen LogP contribution in [-0.2, 0) is 14.8 Å². The number of hydrogen-bond acceptors (Lipinski definition) is 7. The quantitative estimate of drug-likeness (QED) is 0.340. The Morgan fingerprint density at radius 3 is 2.73 bits per heavy atom. The number of allylic oxidation sites excluding steroid dienone is 2. The van der Waals surface area contributed by atoms with Crippen molar-refractivity contribution in [2.45, 2.75) is 16.7 Å². The first-order valence-corrected chi connectivity index (χ1v) is 12.8. The Morgan fingerprint density at radius 1 is 1.22 bits per heavy atom. The smallest absolute Gasteiger partial charge is 0.263 e. The first-order chi connectivity index (χ1) is 17.8. The van der Waals surface area contributed by atoms with Crippen LogP contribution in [0.4, 0.5) is 10.2 Å². The minimum absolute atomic E-state index is 0.0313. The topological polar surface area (TPSA) is 118 Å². The van der Waals surface area contributed by atoms with Gasteiger partial charge in [-0.25, -0.2) is 12.8 Å². The van der Waals surface area contributed by atoms with Crippen LogP contribution >= 0.6 is 11.6 Å². The van der Waals surface area contributed by atoms with E-state index in [9.17, 15) is 13.7 Å². The van der Waals surface area contributed by atoms with Crippen LogP contribution < -0.4 is 4.72 Å². The molecule has 0 amide bonds. The van der Waals surface area contributed by atoms with Gasteiger partial charge in [-0.2, -0.15) is 5.26 Å². The van der Waals surface area contributed by atoms with Gasteiger partial charge in [-0.1, -0.05) is 47.1 Å². The Kier molecular flexibility index (Phi) is 6.29. The molecule has 1 aliphatic rings. The number of ether oxygens (including phenoxy) is 1. The van der Waals surface area contributed by atoms with E-state index in [2.05, 4.69) is 25.5 Å². The van der Waals surface area contributed by atoms with Crippen molar-refractivity contribution in [1.82, 2.24) is 10.1 Å². The van der Waals surface area contributed by atoms with Crippen molar-refractivity contribution < 1.29 is 22.1 Å². The predicted molar refractivity (Wildman–Crippen MR) is 136 cm³/mol. The maximum Gasteiger partial charge on any atom is 0.263 e. The monoisotopic (exact) mass is 536 g/mol. The number of anilines is 1. The highest BCUT2D eigenvalue weighted by atomic mass is 35.5. The van der Waals surface area contributed by atoms with E-state index in [1.165, 1.54) is 56.0 Å². The Morgan fingerprint density at radius 2 is 2.03 bits per heavy atom. The number of nitrogens with zero attached hydrogens (tertiary/aromatic N) is 3. The van der Waals surface area contributed by atoms with Crippen LogP contribution in [-0.4, -0.2) is 31.5 Å². The number of nitriles is 1. The van der Waals surface area contributed by atoms with Gasteiger partial charge in [0.1, 0.15) is 6.26 Å². The van der Waals surface area contributed by atoms with Gasteiger partial charge in [0.05, 0.1) is 28.1 Å². The molecular weight excluding hydrogens is 519 g/mol. The third-order valence-electron chi connectivity index (χ3n) is 6.03. The summed E-state index contributed by atoms with van der Waals surface area (Å²) < 4.78 is 54.3. The molecule has 0 radical (unpaired) electrons. The maximum atomic E-state index is 16.4. The number of rotatable bonds is 6. The molecule has 0 spiro atoms. The lowest BCUT2D eigenvalue weighted by molar-refractivity contribution is -0.0901. The first kappa shape index (κ1) is 24.6. The van der Waals surface area contributed by atoms with Gasteiger partial charge in [0.2, 0.25) is 5.85 Å². The SMILES string of the molecule is COC1(F)C=C(c2ccccc2Cl)C(C#N)=CC1c1nccc2cc(S(=O)(=O)Nc3ccon3)ccc12. The summed E-state index contributed by atoms with van der Waals surface area (Å²) in [5, 5.41) is 14.8. The van der Waals surface area contributed by atoms with Crippen LogP contribution in [0.15, 0.2) is 94.2 Å². The van der Waals surface area contributed by atoms with E-state index >= 15 is 4.39 Å². The molecule has 2 atom stereocenters. The van der Waals surface area contributed by atoms with E-state index in [1.807, 2.05) is 0 Å². The molecular formula is C26H18ClFN4O4S. The summed E-state index contributed by atoms with van der Waals surface area (Å²) in [6.45, 7) is 0. The van der Waals surface area contributed by atoms with Gasteiger partial charge in [0.15, 0.2) is 5.82 Å². The summed E-state index contributed by atoms with van der Waals surface area (Å²) in [5.74, 6) is -3.43. The van der Waals surface area contributed by atoms with E-state index in [0.717, 1.165) is 0 Å². The standard InChI is InChI=1S/C26H18ClFN4O4S/c1-35-26(28)14-21(20-4-2-3-5-23(20)27)17(15-29)13-22(26)25-19-7-6-18(12-16(19)8-10-30-25)37(33,34)32-24-9-11-36-31-24/h2-14,22H,1H3,(H,31,32). The van der Waals surface area contributed by atoms with Crippen molar-refractivity contribution in [2.24, 2.45) is 0 Å². The summed E-state index contributed by atoms with van der Waals surface area (Å²) in [6, 6.07) is 16.3. The fourth-order valence-electron chi connectivity index (χ4n) is 4.24. The van der Waals surface area contributed by atoms with Crippen molar-refractivity contribution in [1.29, 1.82) is 5.26 Å². The Labute approximate surface area is 216 Å². The molecule has 0 fully saturated rings. The zero-order valence-electron chi connectivity index (χ0n) is 19.2. The number of aromatic nitrogens is 2. The molecule has 0 bridgehead atoms. The van der Waals surface area contributed by atoms with Crippen molar-refractivity contribution >= 4 is 43.8 Å². The lowest BCUT2D eigenvalue weighted by atomic mass is 9.81.